The highest BCUT2D eigenvalue weighted by molar-refractivity contribution is 14.1. The first-order valence-corrected chi connectivity index (χ1v) is 5.25. The Labute approximate surface area is 99.2 Å². The maximum Gasteiger partial charge on any atom is 0.239 e. The molecule has 0 spiro atoms. The van der Waals surface area contributed by atoms with Crippen LogP contribution in [0.15, 0.2) is 24.5 Å². The van der Waals surface area contributed by atoms with Gasteiger partial charge in [0, 0.05) is 8.59 Å². The van der Waals surface area contributed by atoms with Crippen molar-refractivity contribution in [2.24, 2.45) is 0 Å². The van der Waals surface area contributed by atoms with Gasteiger partial charge in [0.25, 0.3) is 0 Å². The van der Waals surface area contributed by atoms with Gasteiger partial charge in [-0.25, -0.2) is 9.67 Å². The molecule has 1 heterocycles. The number of benzene rings is 1. The Morgan fingerprint density at radius 1 is 1.43 bits per heavy atom. The Bertz CT molecular complexity index is 468. The van der Waals surface area contributed by atoms with Crippen LogP contribution in [0.5, 0.6) is 0 Å². The van der Waals surface area contributed by atoms with Crippen molar-refractivity contribution in [2.45, 2.75) is 0 Å². The lowest BCUT2D eigenvalue weighted by molar-refractivity contribution is 0.878. The van der Waals surface area contributed by atoms with E-state index >= 15 is 0 Å². The van der Waals surface area contributed by atoms with Crippen molar-refractivity contribution in [3.63, 3.8) is 0 Å². The van der Waals surface area contributed by atoms with Gasteiger partial charge in [0.1, 0.15) is 6.33 Å². The predicted molar refractivity (Wildman–Crippen MR) is 63.5 cm³/mol. The summed E-state index contributed by atoms with van der Waals surface area (Å²) in [7, 11) is 0. The second kappa shape index (κ2) is 3.74. The van der Waals surface area contributed by atoms with E-state index in [1.54, 1.807) is 17.1 Å². The second-order valence-electron chi connectivity index (χ2n) is 2.64. The number of hydrogen-bond acceptors (Lipinski definition) is 3. The zero-order valence-corrected chi connectivity index (χ0v) is 9.90. The van der Waals surface area contributed by atoms with Crippen LogP contribution in [0.2, 0.25) is 5.02 Å². The topological polar surface area (TPSA) is 56.7 Å². The maximum atomic E-state index is 5.83. The van der Waals surface area contributed by atoms with Crippen LogP contribution in [0.4, 0.5) is 5.95 Å². The van der Waals surface area contributed by atoms with E-state index in [1.165, 1.54) is 0 Å². The third-order valence-corrected chi connectivity index (χ3v) is 2.77. The summed E-state index contributed by atoms with van der Waals surface area (Å²) >= 11 is 8.02. The molecule has 0 bridgehead atoms. The van der Waals surface area contributed by atoms with Crippen LogP contribution in [-0.4, -0.2) is 14.8 Å². The zero-order valence-electron chi connectivity index (χ0n) is 6.98. The van der Waals surface area contributed by atoms with Crippen molar-refractivity contribution in [1.82, 2.24) is 14.8 Å². The molecule has 0 aliphatic rings. The Morgan fingerprint density at radius 2 is 2.21 bits per heavy atom. The number of hydrogen-bond donors (Lipinski definition) is 1. The molecule has 0 unspecified atom stereocenters. The second-order valence-corrected chi connectivity index (χ2v) is 4.24. The van der Waals surface area contributed by atoms with Crippen LogP contribution in [0.1, 0.15) is 0 Å². The fraction of sp³-hybridized carbons (Fsp3) is 0. The number of nitrogen functional groups attached to an aromatic ring is 1. The van der Waals surface area contributed by atoms with E-state index in [0.717, 1.165) is 9.26 Å². The minimum Gasteiger partial charge on any atom is -0.366 e. The fourth-order valence-corrected chi connectivity index (χ4v) is 2.18. The molecule has 14 heavy (non-hydrogen) atoms. The van der Waals surface area contributed by atoms with Gasteiger partial charge >= 0.3 is 0 Å². The van der Waals surface area contributed by atoms with E-state index in [2.05, 4.69) is 32.7 Å². The highest BCUT2D eigenvalue weighted by Crippen LogP contribution is 2.20. The minimum atomic E-state index is 0.260. The summed E-state index contributed by atoms with van der Waals surface area (Å²) in [6, 6.07) is 5.53. The highest BCUT2D eigenvalue weighted by atomic mass is 127. The molecule has 0 saturated carbocycles. The van der Waals surface area contributed by atoms with Crippen molar-refractivity contribution < 1.29 is 0 Å². The van der Waals surface area contributed by atoms with E-state index in [0.29, 0.717) is 5.02 Å². The normalized spacial score (nSPS) is 10.4. The van der Waals surface area contributed by atoms with E-state index < -0.39 is 0 Å². The van der Waals surface area contributed by atoms with Gasteiger partial charge < -0.3 is 5.73 Å². The lowest BCUT2D eigenvalue weighted by Crippen LogP contribution is -1.98. The number of halogens is 2. The van der Waals surface area contributed by atoms with E-state index in [-0.39, 0.29) is 5.95 Å². The third-order valence-electron chi connectivity index (χ3n) is 1.67. The standard InChI is InChI=1S/C8H6ClIN4/c9-5-1-2-7(6(10)3-5)14-4-12-8(11)13-14/h1-4H,(H2,11,13). The number of rotatable bonds is 1. The third kappa shape index (κ3) is 1.83. The molecule has 1 aromatic heterocycles. The van der Waals surface area contributed by atoms with Crippen LogP contribution in [0.3, 0.4) is 0 Å². The SMILES string of the molecule is Nc1ncn(-c2ccc(Cl)cc2I)n1. The lowest BCUT2D eigenvalue weighted by atomic mass is 10.3. The molecule has 0 radical (unpaired) electrons. The Morgan fingerprint density at radius 3 is 2.79 bits per heavy atom. The van der Waals surface area contributed by atoms with E-state index in [9.17, 15) is 0 Å². The van der Waals surface area contributed by atoms with Gasteiger partial charge in [-0.3, -0.25) is 0 Å². The summed E-state index contributed by atoms with van der Waals surface area (Å²) in [6.45, 7) is 0. The average Bonchev–Trinajstić information content (AvgIpc) is 2.51. The molecule has 0 saturated heterocycles. The highest BCUT2D eigenvalue weighted by Gasteiger charge is 2.04. The molecule has 2 aromatic rings. The first-order chi connectivity index (χ1) is 6.66. The summed E-state index contributed by atoms with van der Waals surface area (Å²) in [5.74, 6) is 0.260. The number of anilines is 1. The van der Waals surface area contributed by atoms with Gasteiger partial charge in [-0.05, 0) is 40.8 Å². The van der Waals surface area contributed by atoms with Crippen LogP contribution in [0, 0.1) is 3.57 Å². The molecule has 0 atom stereocenters. The van der Waals surface area contributed by atoms with Gasteiger partial charge in [0.2, 0.25) is 5.95 Å². The summed E-state index contributed by atoms with van der Waals surface area (Å²) in [5, 5.41) is 4.71. The Balaban J connectivity index is 2.52. The van der Waals surface area contributed by atoms with Gasteiger partial charge in [0.15, 0.2) is 0 Å². The molecule has 0 amide bonds. The van der Waals surface area contributed by atoms with Gasteiger partial charge in [-0.15, -0.1) is 5.10 Å². The largest absolute Gasteiger partial charge is 0.366 e. The molecule has 0 aliphatic heterocycles. The smallest absolute Gasteiger partial charge is 0.239 e. The molecular weight excluding hydrogens is 314 g/mol. The lowest BCUT2D eigenvalue weighted by Gasteiger charge is -2.03. The summed E-state index contributed by atoms with van der Waals surface area (Å²) in [4.78, 5) is 3.85. The van der Waals surface area contributed by atoms with Crippen LogP contribution in [-0.2, 0) is 0 Å². The molecule has 4 nitrogen and oxygen atoms in total. The zero-order chi connectivity index (χ0) is 10.1. The first-order valence-electron chi connectivity index (χ1n) is 3.79. The molecule has 2 N–H and O–H groups in total. The van der Waals surface area contributed by atoms with Crippen molar-refractivity contribution in [1.29, 1.82) is 0 Å². The Hall–Kier alpha value is -0.820. The van der Waals surface area contributed by atoms with E-state index in [4.69, 9.17) is 17.3 Å². The van der Waals surface area contributed by atoms with Gasteiger partial charge in [0.05, 0.1) is 5.69 Å². The van der Waals surface area contributed by atoms with Crippen molar-refractivity contribution >= 4 is 40.1 Å². The maximum absolute atomic E-state index is 5.83. The van der Waals surface area contributed by atoms with Crippen molar-refractivity contribution in [3.05, 3.63) is 33.1 Å². The first kappa shape index (κ1) is 9.72. The molecule has 2 rings (SSSR count). The molecule has 72 valence electrons. The minimum absolute atomic E-state index is 0.260. The summed E-state index contributed by atoms with van der Waals surface area (Å²) in [5.41, 5.74) is 6.34. The molecule has 0 aliphatic carbocycles. The number of aromatic nitrogens is 3. The van der Waals surface area contributed by atoms with Crippen LogP contribution < -0.4 is 5.73 Å². The van der Waals surface area contributed by atoms with Crippen molar-refractivity contribution in [3.8, 4) is 5.69 Å². The monoisotopic (exact) mass is 320 g/mol. The van der Waals surface area contributed by atoms with Gasteiger partial charge in [-0.2, -0.15) is 0 Å². The summed E-state index contributed by atoms with van der Waals surface area (Å²) < 4.78 is 2.62. The molecule has 6 heteroatoms. The fourth-order valence-electron chi connectivity index (χ4n) is 1.06. The molecule has 0 fully saturated rings. The molecular formula is C8H6ClIN4. The molecule has 1 aromatic carbocycles. The van der Waals surface area contributed by atoms with Crippen molar-refractivity contribution in [2.75, 3.05) is 5.73 Å². The predicted octanol–water partition coefficient (Wildman–Crippen LogP) is 2.11. The van der Waals surface area contributed by atoms with Crippen LogP contribution >= 0.6 is 34.2 Å². The number of nitrogens with zero attached hydrogens (tertiary/aromatic N) is 3. The summed E-state index contributed by atoms with van der Waals surface area (Å²) in [6.07, 6.45) is 1.57. The quantitative estimate of drug-likeness (QED) is 0.819. The number of nitrogens with two attached hydrogens (primary N) is 1. The van der Waals surface area contributed by atoms with E-state index in [1.807, 2.05) is 12.1 Å². The van der Waals surface area contributed by atoms with Gasteiger partial charge in [-0.1, -0.05) is 11.6 Å². The average molecular weight is 321 g/mol. The Kier molecular flexibility index (Phi) is 2.60. The van der Waals surface area contributed by atoms with Crippen LogP contribution in [0.25, 0.3) is 5.69 Å².